The molecule has 0 aliphatic rings. The largest absolute Gasteiger partial charge is 0.495 e. The van der Waals surface area contributed by atoms with Gasteiger partial charge in [0.2, 0.25) is 10.0 Å². The maximum absolute atomic E-state index is 12.5. The van der Waals surface area contributed by atoms with Crippen LogP contribution in [0.15, 0.2) is 23.1 Å². The number of hydrogen-bond donors (Lipinski definition) is 2. The minimum absolute atomic E-state index is 0.129. The van der Waals surface area contributed by atoms with Crippen LogP contribution >= 0.6 is 0 Å². The van der Waals surface area contributed by atoms with Gasteiger partial charge in [0.1, 0.15) is 10.6 Å². The Kier molecular flexibility index (Phi) is 6.64. The molecule has 0 aliphatic carbocycles. The fourth-order valence-corrected chi connectivity index (χ4v) is 3.68. The summed E-state index contributed by atoms with van der Waals surface area (Å²) in [5.41, 5.74) is 6.34. The maximum Gasteiger partial charge on any atom is 0.244 e. The van der Waals surface area contributed by atoms with Gasteiger partial charge in [-0.1, -0.05) is 26.3 Å². The van der Waals surface area contributed by atoms with Crippen molar-refractivity contribution in [2.45, 2.75) is 51.1 Å². The van der Waals surface area contributed by atoms with Crippen LogP contribution < -0.4 is 15.2 Å². The van der Waals surface area contributed by atoms with Crippen molar-refractivity contribution < 1.29 is 13.2 Å². The first-order valence-corrected chi connectivity index (χ1v) is 8.71. The highest BCUT2D eigenvalue weighted by Gasteiger charge is 2.22. The van der Waals surface area contributed by atoms with Crippen LogP contribution in [0.4, 0.5) is 0 Å². The summed E-state index contributed by atoms with van der Waals surface area (Å²) in [5.74, 6) is 0.801. The molecule has 0 bridgehead atoms. The van der Waals surface area contributed by atoms with Crippen LogP contribution in [0.3, 0.4) is 0 Å². The van der Waals surface area contributed by atoms with Crippen molar-refractivity contribution in [2.75, 3.05) is 7.11 Å². The summed E-state index contributed by atoms with van der Waals surface area (Å²) < 4.78 is 32.9. The van der Waals surface area contributed by atoms with Crippen LogP contribution in [-0.4, -0.2) is 21.6 Å². The van der Waals surface area contributed by atoms with E-state index in [2.05, 4.69) is 18.6 Å². The summed E-state index contributed by atoms with van der Waals surface area (Å²) in [4.78, 5) is 0.143. The molecule has 0 aromatic heterocycles. The monoisotopic (exact) mass is 314 g/mol. The highest BCUT2D eigenvalue weighted by Crippen LogP contribution is 2.25. The molecule has 0 amide bonds. The van der Waals surface area contributed by atoms with E-state index in [1.807, 2.05) is 6.92 Å². The first-order valence-electron chi connectivity index (χ1n) is 7.23. The summed E-state index contributed by atoms with van der Waals surface area (Å²) in [5, 5.41) is 0. The summed E-state index contributed by atoms with van der Waals surface area (Å²) in [6.07, 6.45) is 1.83. The normalized spacial score (nSPS) is 14.7. The Morgan fingerprint density at radius 1 is 1.33 bits per heavy atom. The van der Waals surface area contributed by atoms with Gasteiger partial charge in [0.05, 0.1) is 7.11 Å². The lowest BCUT2D eigenvalue weighted by molar-refractivity contribution is 0.400. The minimum atomic E-state index is -3.62. The van der Waals surface area contributed by atoms with E-state index in [0.29, 0.717) is 11.7 Å². The molecule has 21 heavy (non-hydrogen) atoms. The number of rotatable bonds is 8. The molecule has 5 nitrogen and oxygen atoms in total. The topological polar surface area (TPSA) is 81.4 Å². The van der Waals surface area contributed by atoms with E-state index in [1.165, 1.54) is 7.11 Å². The third-order valence-corrected chi connectivity index (χ3v) is 5.17. The molecule has 0 fully saturated rings. The van der Waals surface area contributed by atoms with Crippen molar-refractivity contribution in [2.24, 2.45) is 11.7 Å². The average molecular weight is 314 g/mol. The van der Waals surface area contributed by atoms with Crippen molar-refractivity contribution >= 4 is 10.0 Å². The van der Waals surface area contributed by atoms with E-state index < -0.39 is 10.0 Å². The Morgan fingerprint density at radius 3 is 2.52 bits per heavy atom. The van der Waals surface area contributed by atoms with Gasteiger partial charge in [-0.25, -0.2) is 13.1 Å². The van der Waals surface area contributed by atoms with Crippen LogP contribution in [-0.2, 0) is 16.6 Å². The molecule has 3 N–H and O–H groups in total. The molecule has 2 atom stereocenters. The smallest absolute Gasteiger partial charge is 0.244 e. The Hall–Kier alpha value is -1.11. The van der Waals surface area contributed by atoms with Crippen molar-refractivity contribution in [1.82, 2.24) is 4.72 Å². The van der Waals surface area contributed by atoms with Gasteiger partial charge in [-0.2, -0.15) is 0 Å². The van der Waals surface area contributed by atoms with Gasteiger partial charge in [0.25, 0.3) is 0 Å². The molecule has 6 heteroatoms. The van der Waals surface area contributed by atoms with Crippen molar-refractivity contribution in [3.8, 4) is 5.75 Å². The summed E-state index contributed by atoms with van der Waals surface area (Å²) in [6.45, 7) is 6.37. The molecule has 2 unspecified atom stereocenters. The second-order valence-electron chi connectivity index (χ2n) is 5.46. The van der Waals surface area contributed by atoms with Crippen LogP contribution in [0.1, 0.15) is 39.2 Å². The van der Waals surface area contributed by atoms with Gasteiger partial charge < -0.3 is 10.5 Å². The van der Waals surface area contributed by atoms with Gasteiger partial charge in [-0.3, -0.25) is 0 Å². The predicted octanol–water partition coefficient (Wildman–Crippen LogP) is 2.26. The van der Waals surface area contributed by atoms with Crippen LogP contribution in [0, 0.1) is 5.92 Å². The molecule has 0 aliphatic heterocycles. The number of nitrogens with two attached hydrogens (primary N) is 1. The van der Waals surface area contributed by atoms with E-state index >= 15 is 0 Å². The quantitative estimate of drug-likeness (QED) is 0.771. The number of nitrogens with one attached hydrogen (secondary N) is 1. The van der Waals surface area contributed by atoms with Crippen LogP contribution in [0.25, 0.3) is 0 Å². The zero-order chi connectivity index (χ0) is 16.0. The average Bonchev–Trinajstić information content (AvgIpc) is 2.45. The predicted molar refractivity (Wildman–Crippen MR) is 84.7 cm³/mol. The van der Waals surface area contributed by atoms with Crippen molar-refractivity contribution in [3.05, 3.63) is 23.8 Å². The Labute approximate surface area is 127 Å². The van der Waals surface area contributed by atoms with Crippen molar-refractivity contribution in [3.63, 3.8) is 0 Å². The molecule has 0 heterocycles. The Bertz CT molecular complexity index is 558. The van der Waals surface area contributed by atoms with E-state index in [9.17, 15) is 8.42 Å². The van der Waals surface area contributed by atoms with Gasteiger partial charge in [0, 0.05) is 12.6 Å². The second-order valence-corrected chi connectivity index (χ2v) is 7.14. The SMILES string of the molecule is CCC(C)CC(C)NS(=O)(=O)c1cc(CN)ccc1OC. The molecular weight excluding hydrogens is 288 g/mol. The van der Waals surface area contributed by atoms with E-state index in [4.69, 9.17) is 10.5 Å². The molecule has 0 saturated heterocycles. The third-order valence-electron chi connectivity index (χ3n) is 3.56. The highest BCUT2D eigenvalue weighted by molar-refractivity contribution is 7.89. The zero-order valence-electron chi connectivity index (χ0n) is 13.2. The second kappa shape index (κ2) is 7.77. The molecule has 1 aromatic rings. The number of methoxy groups -OCH3 is 1. The first kappa shape index (κ1) is 17.9. The van der Waals surface area contributed by atoms with E-state index in [1.54, 1.807) is 18.2 Å². The van der Waals surface area contributed by atoms with E-state index in [-0.39, 0.29) is 17.5 Å². The van der Waals surface area contributed by atoms with Gasteiger partial charge in [-0.15, -0.1) is 0 Å². The molecule has 0 spiro atoms. The highest BCUT2D eigenvalue weighted by atomic mass is 32.2. The summed E-state index contributed by atoms with van der Waals surface area (Å²) in [7, 11) is -2.16. The van der Waals surface area contributed by atoms with Crippen molar-refractivity contribution in [1.29, 1.82) is 0 Å². The van der Waals surface area contributed by atoms with Gasteiger partial charge >= 0.3 is 0 Å². The molecule has 0 radical (unpaired) electrons. The third kappa shape index (κ3) is 4.98. The number of sulfonamides is 1. The van der Waals surface area contributed by atoms with Gasteiger partial charge in [0.15, 0.2) is 0 Å². The fraction of sp³-hybridized carbons (Fsp3) is 0.600. The number of hydrogen-bond acceptors (Lipinski definition) is 4. The van der Waals surface area contributed by atoms with E-state index in [0.717, 1.165) is 18.4 Å². The van der Waals surface area contributed by atoms with Crippen LogP contribution in [0.5, 0.6) is 5.75 Å². The minimum Gasteiger partial charge on any atom is -0.495 e. The molecule has 1 rings (SSSR count). The zero-order valence-corrected chi connectivity index (χ0v) is 14.0. The number of ether oxygens (including phenoxy) is 1. The first-order chi connectivity index (χ1) is 9.83. The fourth-order valence-electron chi connectivity index (χ4n) is 2.20. The standard InChI is InChI=1S/C15H26N2O3S/c1-5-11(2)8-12(3)17-21(18,19)15-9-13(10-16)6-7-14(15)20-4/h6-7,9,11-12,17H,5,8,10,16H2,1-4H3. The molecule has 120 valence electrons. The Balaban J connectivity index is 3.01. The summed E-state index contributed by atoms with van der Waals surface area (Å²) in [6, 6.07) is 4.84. The lowest BCUT2D eigenvalue weighted by atomic mass is 10.0. The number of benzene rings is 1. The molecular formula is C15H26N2O3S. The lowest BCUT2D eigenvalue weighted by Gasteiger charge is -2.19. The maximum atomic E-state index is 12.5. The summed E-state index contributed by atoms with van der Waals surface area (Å²) >= 11 is 0. The lowest BCUT2D eigenvalue weighted by Crippen LogP contribution is -2.34. The Morgan fingerprint density at radius 2 is 2.00 bits per heavy atom. The van der Waals surface area contributed by atoms with Crippen LogP contribution in [0.2, 0.25) is 0 Å². The molecule has 0 saturated carbocycles. The van der Waals surface area contributed by atoms with Gasteiger partial charge in [-0.05, 0) is 37.0 Å². The molecule has 1 aromatic carbocycles.